The first kappa shape index (κ1) is 25.9. The fourth-order valence-electron chi connectivity index (χ4n) is 4.39. The second-order valence-corrected chi connectivity index (χ2v) is 12.8. The standard InChI is InChI=1S/C25H29ClN2O5S2/c1-2-21-9-5-6-16-28(21)35(31,32)24-14-12-23(13-15-24)34(29,30)27(19-22-10-7-17-33-22)18-20-8-3-4-11-25(20)26/h3-4,7-8,10-15,17,21H,2,5-6,9,16,18-19H2,1H3/t21-/m0/s1. The molecular formula is C25H29ClN2O5S2. The lowest BCUT2D eigenvalue weighted by atomic mass is 10.0. The molecule has 0 aliphatic carbocycles. The highest BCUT2D eigenvalue weighted by atomic mass is 35.5. The van der Waals surface area contributed by atoms with Crippen LogP contribution in [0.4, 0.5) is 0 Å². The second-order valence-electron chi connectivity index (χ2n) is 8.59. The predicted octanol–water partition coefficient (Wildman–Crippen LogP) is 5.28. The van der Waals surface area contributed by atoms with Gasteiger partial charge in [0.1, 0.15) is 5.76 Å². The van der Waals surface area contributed by atoms with Gasteiger partial charge in [-0.2, -0.15) is 8.61 Å². The van der Waals surface area contributed by atoms with Gasteiger partial charge in [0.15, 0.2) is 0 Å². The van der Waals surface area contributed by atoms with Gasteiger partial charge in [-0.1, -0.05) is 43.1 Å². The summed E-state index contributed by atoms with van der Waals surface area (Å²) in [5.74, 6) is 0.482. The summed E-state index contributed by atoms with van der Waals surface area (Å²) in [4.78, 5) is 0.0984. The van der Waals surface area contributed by atoms with Crippen LogP contribution in [-0.2, 0) is 33.1 Å². The third-order valence-electron chi connectivity index (χ3n) is 6.33. The van der Waals surface area contributed by atoms with E-state index in [2.05, 4.69) is 0 Å². The van der Waals surface area contributed by atoms with Crippen LogP contribution in [-0.4, -0.2) is 38.0 Å². The van der Waals surface area contributed by atoms with Gasteiger partial charge in [-0.05, 0) is 67.3 Å². The van der Waals surface area contributed by atoms with E-state index in [1.807, 2.05) is 6.92 Å². The minimum Gasteiger partial charge on any atom is -0.468 e. The zero-order valence-corrected chi connectivity index (χ0v) is 21.9. The highest BCUT2D eigenvalue weighted by molar-refractivity contribution is 7.89. The molecule has 2 aromatic carbocycles. The van der Waals surface area contributed by atoms with E-state index >= 15 is 0 Å². The van der Waals surface area contributed by atoms with Crippen LogP contribution in [0.1, 0.15) is 43.9 Å². The van der Waals surface area contributed by atoms with Crippen molar-refractivity contribution in [3.63, 3.8) is 0 Å². The van der Waals surface area contributed by atoms with Crippen molar-refractivity contribution in [3.8, 4) is 0 Å². The highest BCUT2D eigenvalue weighted by Crippen LogP contribution is 2.29. The first-order valence-corrected chi connectivity index (χ1v) is 14.9. The summed E-state index contributed by atoms with van der Waals surface area (Å²) in [6.45, 7) is 2.51. The minimum atomic E-state index is -3.99. The highest BCUT2D eigenvalue weighted by Gasteiger charge is 2.33. The quantitative estimate of drug-likeness (QED) is 0.371. The van der Waals surface area contributed by atoms with Crippen LogP contribution in [0.5, 0.6) is 0 Å². The van der Waals surface area contributed by atoms with Gasteiger partial charge in [0.05, 0.1) is 22.6 Å². The maximum Gasteiger partial charge on any atom is 0.243 e. The van der Waals surface area contributed by atoms with Gasteiger partial charge in [0.2, 0.25) is 20.0 Å². The number of halogens is 1. The Morgan fingerprint density at radius 1 is 0.943 bits per heavy atom. The SMILES string of the molecule is CC[C@H]1CCCCN1S(=O)(=O)c1ccc(S(=O)(=O)N(Cc2ccco2)Cc2ccccc2Cl)cc1. The van der Waals surface area contributed by atoms with Crippen LogP contribution in [0, 0.1) is 0 Å². The van der Waals surface area contributed by atoms with Gasteiger partial charge >= 0.3 is 0 Å². The van der Waals surface area contributed by atoms with Crippen LogP contribution in [0.15, 0.2) is 81.1 Å². The fraction of sp³-hybridized carbons (Fsp3) is 0.360. The molecule has 0 unspecified atom stereocenters. The second kappa shape index (κ2) is 10.8. The molecule has 0 saturated carbocycles. The number of furan rings is 1. The Bertz CT molecular complexity index is 1340. The predicted molar refractivity (Wildman–Crippen MR) is 135 cm³/mol. The normalized spacial score (nSPS) is 17.6. The van der Waals surface area contributed by atoms with Gasteiger partial charge in [0, 0.05) is 24.2 Å². The molecule has 188 valence electrons. The van der Waals surface area contributed by atoms with E-state index in [9.17, 15) is 16.8 Å². The molecule has 4 rings (SSSR count). The van der Waals surface area contributed by atoms with E-state index in [4.69, 9.17) is 16.0 Å². The summed E-state index contributed by atoms with van der Waals surface area (Å²) in [6.07, 6.45) is 4.91. The Balaban J connectivity index is 1.64. The smallest absolute Gasteiger partial charge is 0.243 e. The number of benzene rings is 2. The summed E-state index contributed by atoms with van der Waals surface area (Å²) >= 11 is 6.30. The Kier molecular flexibility index (Phi) is 8.02. The average molecular weight is 537 g/mol. The molecule has 2 heterocycles. The molecule has 1 fully saturated rings. The molecule has 1 atom stereocenters. The Morgan fingerprint density at radius 3 is 2.31 bits per heavy atom. The molecule has 10 heteroatoms. The van der Waals surface area contributed by atoms with Crippen molar-refractivity contribution < 1.29 is 21.3 Å². The fourth-order valence-corrected chi connectivity index (χ4v) is 7.73. The molecule has 0 bridgehead atoms. The van der Waals surface area contributed by atoms with Crippen molar-refractivity contribution in [1.29, 1.82) is 0 Å². The lowest BCUT2D eigenvalue weighted by Gasteiger charge is -2.34. The number of rotatable bonds is 9. The number of hydrogen-bond acceptors (Lipinski definition) is 5. The van der Waals surface area contributed by atoms with Crippen LogP contribution in [0.3, 0.4) is 0 Å². The van der Waals surface area contributed by atoms with E-state index in [0.717, 1.165) is 25.7 Å². The first-order chi connectivity index (χ1) is 16.7. The van der Waals surface area contributed by atoms with Gasteiger partial charge in [0.25, 0.3) is 0 Å². The Hall–Kier alpha value is -2.17. The first-order valence-electron chi connectivity index (χ1n) is 11.6. The van der Waals surface area contributed by atoms with E-state index in [1.165, 1.54) is 34.8 Å². The van der Waals surface area contributed by atoms with Crippen LogP contribution >= 0.6 is 11.6 Å². The van der Waals surface area contributed by atoms with Crippen molar-refractivity contribution in [2.75, 3.05) is 6.54 Å². The Labute approximate surface area is 212 Å². The summed E-state index contributed by atoms with van der Waals surface area (Å²) in [5.41, 5.74) is 0.652. The third-order valence-corrected chi connectivity index (χ3v) is 10.5. The molecule has 0 spiro atoms. The van der Waals surface area contributed by atoms with Crippen molar-refractivity contribution in [1.82, 2.24) is 8.61 Å². The molecule has 0 radical (unpaired) electrons. The van der Waals surface area contributed by atoms with Gasteiger partial charge in [-0.25, -0.2) is 16.8 Å². The molecule has 0 amide bonds. The van der Waals surface area contributed by atoms with Gasteiger partial charge < -0.3 is 4.42 Å². The van der Waals surface area contributed by atoms with Crippen LogP contribution < -0.4 is 0 Å². The van der Waals surface area contributed by atoms with Crippen molar-refractivity contribution in [3.05, 3.63) is 83.3 Å². The van der Waals surface area contributed by atoms with E-state index in [1.54, 1.807) is 40.7 Å². The summed E-state index contributed by atoms with van der Waals surface area (Å²) in [7, 11) is -7.70. The topological polar surface area (TPSA) is 87.9 Å². The average Bonchev–Trinajstić information content (AvgIpc) is 3.38. The molecule has 7 nitrogen and oxygen atoms in total. The molecule has 35 heavy (non-hydrogen) atoms. The Morgan fingerprint density at radius 2 is 1.66 bits per heavy atom. The number of sulfonamides is 2. The van der Waals surface area contributed by atoms with Crippen molar-refractivity contribution in [2.24, 2.45) is 0 Å². The van der Waals surface area contributed by atoms with Crippen LogP contribution in [0.25, 0.3) is 0 Å². The maximum atomic E-state index is 13.6. The van der Waals surface area contributed by atoms with E-state index < -0.39 is 20.0 Å². The molecular weight excluding hydrogens is 508 g/mol. The van der Waals surface area contributed by atoms with Crippen molar-refractivity contribution >= 4 is 31.6 Å². The third kappa shape index (κ3) is 5.65. The number of nitrogens with zero attached hydrogens (tertiary/aromatic N) is 2. The lowest BCUT2D eigenvalue weighted by molar-refractivity contribution is 0.246. The van der Waals surface area contributed by atoms with Gasteiger partial charge in [-0.3, -0.25) is 0 Å². The number of piperidine rings is 1. The molecule has 3 aromatic rings. The zero-order valence-electron chi connectivity index (χ0n) is 19.5. The maximum absolute atomic E-state index is 13.6. The van der Waals surface area contributed by atoms with Crippen LogP contribution in [0.2, 0.25) is 5.02 Å². The largest absolute Gasteiger partial charge is 0.468 e. The molecule has 0 N–H and O–H groups in total. The lowest BCUT2D eigenvalue weighted by Crippen LogP contribution is -2.43. The van der Waals surface area contributed by atoms with Crippen molar-refractivity contribution in [2.45, 2.75) is 61.5 Å². The van der Waals surface area contributed by atoms with E-state index in [-0.39, 0.29) is 28.9 Å². The summed E-state index contributed by atoms with van der Waals surface area (Å²) < 4.78 is 62.0. The molecule has 1 aromatic heterocycles. The zero-order chi connectivity index (χ0) is 25.1. The summed E-state index contributed by atoms with van der Waals surface area (Å²) in [6, 6.07) is 15.9. The van der Waals surface area contributed by atoms with Gasteiger partial charge in [-0.15, -0.1) is 0 Å². The summed E-state index contributed by atoms with van der Waals surface area (Å²) in [5, 5.41) is 0.459. The molecule has 1 aliphatic rings. The van der Waals surface area contributed by atoms with E-state index in [0.29, 0.717) is 22.9 Å². The monoisotopic (exact) mass is 536 g/mol. The number of hydrogen-bond donors (Lipinski definition) is 0. The minimum absolute atomic E-state index is 0.000690. The molecule has 1 saturated heterocycles. The molecule has 1 aliphatic heterocycles.